The maximum atomic E-state index is 12.2. The molecule has 0 saturated carbocycles. The molecule has 0 bridgehead atoms. The summed E-state index contributed by atoms with van der Waals surface area (Å²) in [5.74, 6) is 0.973. The van der Waals surface area contributed by atoms with Gasteiger partial charge in [0.1, 0.15) is 0 Å². The largest absolute Gasteiger partial charge is 0.340 e. The van der Waals surface area contributed by atoms with Crippen molar-refractivity contribution in [3.8, 4) is 0 Å². The van der Waals surface area contributed by atoms with E-state index in [0.717, 1.165) is 45.0 Å². The molecule has 2 saturated heterocycles. The van der Waals surface area contributed by atoms with E-state index in [0.29, 0.717) is 24.4 Å². The highest BCUT2D eigenvalue weighted by Crippen LogP contribution is 2.23. The van der Waals surface area contributed by atoms with Crippen LogP contribution < -0.4 is 5.32 Å². The van der Waals surface area contributed by atoms with Gasteiger partial charge in [0.25, 0.3) is 0 Å². The number of aryl methyl sites for hydroxylation is 1. The average Bonchev–Trinajstić information content (AvgIpc) is 3.13. The molecule has 2 aliphatic heterocycles. The van der Waals surface area contributed by atoms with Crippen LogP contribution in [0.4, 0.5) is 5.88 Å². The van der Waals surface area contributed by atoms with Gasteiger partial charge in [-0.25, -0.2) is 0 Å². The highest BCUT2D eigenvalue weighted by molar-refractivity contribution is 5.91. The Hall–Kier alpha value is -1.93. The molecule has 3 rings (SSSR count). The number of rotatable bonds is 4. The van der Waals surface area contributed by atoms with E-state index in [1.165, 1.54) is 0 Å². The lowest BCUT2D eigenvalue weighted by Gasteiger charge is -2.39. The molecule has 1 N–H and O–H groups in total. The molecule has 138 valence electrons. The van der Waals surface area contributed by atoms with Gasteiger partial charge in [0.2, 0.25) is 17.7 Å². The van der Waals surface area contributed by atoms with Crippen LogP contribution in [0.25, 0.3) is 0 Å². The second kappa shape index (κ2) is 7.53. The van der Waals surface area contributed by atoms with Crippen molar-refractivity contribution in [2.45, 2.75) is 26.8 Å². The van der Waals surface area contributed by atoms with Crippen molar-refractivity contribution in [1.82, 2.24) is 19.9 Å². The van der Waals surface area contributed by atoms with E-state index in [4.69, 9.17) is 4.52 Å². The van der Waals surface area contributed by atoms with E-state index >= 15 is 0 Å². The van der Waals surface area contributed by atoms with Gasteiger partial charge >= 0.3 is 0 Å². The first-order valence-corrected chi connectivity index (χ1v) is 8.87. The minimum absolute atomic E-state index is 0.0783. The summed E-state index contributed by atoms with van der Waals surface area (Å²) in [5.41, 5.74) is 0.745. The first-order chi connectivity index (χ1) is 11.9. The quantitative estimate of drug-likeness (QED) is 0.848. The molecular formula is C17H27N5O3. The molecular weight excluding hydrogens is 322 g/mol. The maximum absolute atomic E-state index is 12.2. The van der Waals surface area contributed by atoms with Gasteiger partial charge in [-0.05, 0) is 12.8 Å². The molecule has 2 amide bonds. The Kier molecular flexibility index (Phi) is 5.39. The number of carbonyl (C=O) groups excluding carboxylic acids is 2. The topological polar surface area (TPSA) is 81.9 Å². The number of carbonyl (C=O) groups is 2. The van der Waals surface area contributed by atoms with Crippen molar-refractivity contribution in [2.24, 2.45) is 5.92 Å². The van der Waals surface area contributed by atoms with Crippen LogP contribution in [0.2, 0.25) is 0 Å². The van der Waals surface area contributed by atoms with Gasteiger partial charge in [0.05, 0.1) is 12.2 Å². The van der Waals surface area contributed by atoms with E-state index in [-0.39, 0.29) is 11.8 Å². The number of amides is 2. The fourth-order valence-corrected chi connectivity index (χ4v) is 3.82. The molecule has 0 spiro atoms. The number of hydrogen-bond acceptors (Lipinski definition) is 6. The molecule has 8 heteroatoms. The molecule has 0 radical (unpaired) electrons. The van der Waals surface area contributed by atoms with E-state index in [1.807, 2.05) is 11.8 Å². The second-order valence-corrected chi connectivity index (χ2v) is 7.16. The van der Waals surface area contributed by atoms with Gasteiger partial charge < -0.3 is 9.42 Å². The van der Waals surface area contributed by atoms with Gasteiger partial charge in [-0.3, -0.25) is 24.7 Å². The number of nitrogens with one attached hydrogen (secondary N) is 1. The van der Waals surface area contributed by atoms with Crippen LogP contribution >= 0.6 is 0 Å². The fraction of sp³-hybridized carbons (Fsp3) is 0.706. The van der Waals surface area contributed by atoms with E-state index in [2.05, 4.69) is 27.2 Å². The fourth-order valence-electron chi connectivity index (χ4n) is 3.82. The van der Waals surface area contributed by atoms with Crippen LogP contribution in [0.5, 0.6) is 0 Å². The summed E-state index contributed by atoms with van der Waals surface area (Å²) in [7, 11) is 0. The predicted octanol–water partition coefficient (Wildman–Crippen LogP) is 0.406. The molecule has 25 heavy (non-hydrogen) atoms. The first-order valence-electron chi connectivity index (χ1n) is 8.87. The van der Waals surface area contributed by atoms with Crippen LogP contribution in [-0.4, -0.2) is 83.5 Å². The van der Waals surface area contributed by atoms with E-state index < -0.39 is 0 Å². The zero-order valence-electron chi connectivity index (χ0n) is 15.2. The maximum Gasteiger partial charge on any atom is 0.240 e. The number of hydrogen-bond donors (Lipinski definition) is 1. The average molecular weight is 349 g/mol. The van der Waals surface area contributed by atoms with Gasteiger partial charge in [0.15, 0.2) is 0 Å². The molecule has 8 nitrogen and oxygen atoms in total. The molecule has 1 aromatic rings. The lowest BCUT2D eigenvalue weighted by Crippen LogP contribution is -2.53. The third-order valence-corrected chi connectivity index (χ3v) is 5.13. The first kappa shape index (κ1) is 17.9. The summed E-state index contributed by atoms with van der Waals surface area (Å²) in [5, 5.41) is 6.52. The van der Waals surface area contributed by atoms with Crippen LogP contribution in [0.15, 0.2) is 10.6 Å². The molecule has 0 unspecified atom stereocenters. The predicted molar refractivity (Wildman–Crippen MR) is 93.1 cm³/mol. The van der Waals surface area contributed by atoms with Crippen molar-refractivity contribution in [3.05, 3.63) is 11.8 Å². The van der Waals surface area contributed by atoms with E-state index in [1.54, 1.807) is 13.0 Å². The van der Waals surface area contributed by atoms with Crippen molar-refractivity contribution in [3.63, 3.8) is 0 Å². The van der Waals surface area contributed by atoms with Gasteiger partial charge in [0, 0.05) is 58.3 Å². The van der Waals surface area contributed by atoms with Gasteiger partial charge in [-0.2, -0.15) is 0 Å². The molecule has 0 aromatic carbocycles. The van der Waals surface area contributed by atoms with Crippen LogP contribution in [0.1, 0.15) is 19.5 Å². The second-order valence-electron chi connectivity index (χ2n) is 7.16. The Balaban J connectivity index is 1.48. The summed E-state index contributed by atoms with van der Waals surface area (Å²) in [4.78, 5) is 30.2. The lowest BCUT2D eigenvalue weighted by atomic mass is 10.0. The zero-order chi connectivity index (χ0) is 18.0. The molecule has 2 aliphatic rings. The van der Waals surface area contributed by atoms with Gasteiger partial charge in [-0.15, -0.1) is 0 Å². The third-order valence-electron chi connectivity index (χ3n) is 5.13. The third kappa shape index (κ3) is 4.38. The van der Waals surface area contributed by atoms with Crippen LogP contribution in [-0.2, 0) is 9.59 Å². The monoisotopic (exact) mass is 349 g/mol. The zero-order valence-corrected chi connectivity index (χ0v) is 15.2. The highest BCUT2D eigenvalue weighted by atomic mass is 16.5. The minimum atomic E-state index is -0.0783. The number of piperazine rings is 1. The molecule has 2 atom stereocenters. The number of nitrogens with zero attached hydrogens (tertiary/aromatic N) is 4. The van der Waals surface area contributed by atoms with E-state index in [9.17, 15) is 9.59 Å². The number of aromatic nitrogens is 1. The Morgan fingerprint density at radius 2 is 2.00 bits per heavy atom. The normalized spacial score (nSPS) is 25.3. The van der Waals surface area contributed by atoms with Crippen molar-refractivity contribution in [1.29, 1.82) is 0 Å². The minimum Gasteiger partial charge on any atom is -0.340 e. The van der Waals surface area contributed by atoms with Crippen molar-refractivity contribution < 1.29 is 14.1 Å². The summed E-state index contributed by atoms with van der Waals surface area (Å²) in [6, 6.07) is 2.15. The number of anilines is 1. The number of likely N-dealkylation sites (tertiary alicyclic amines) is 1. The van der Waals surface area contributed by atoms with Crippen molar-refractivity contribution in [2.75, 3.05) is 51.1 Å². The summed E-state index contributed by atoms with van der Waals surface area (Å²) in [6.45, 7) is 11.2. The SMILES string of the molecule is CC(=O)N1CCN([C@@H]2CN(CC(=O)Nc3cc(C)no3)C[C@@H]2C)CC1. The molecule has 1 aromatic heterocycles. The van der Waals surface area contributed by atoms with Crippen molar-refractivity contribution >= 4 is 17.7 Å². The molecule has 3 heterocycles. The highest BCUT2D eigenvalue weighted by Gasteiger charge is 2.36. The Labute approximate surface area is 148 Å². The lowest BCUT2D eigenvalue weighted by molar-refractivity contribution is -0.131. The van der Waals surface area contributed by atoms with Crippen LogP contribution in [0, 0.1) is 12.8 Å². The Morgan fingerprint density at radius 1 is 1.28 bits per heavy atom. The van der Waals surface area contributed by atoms with Gasteiger partial charge in [-0.1, -0.05) is 12.1 Å². The van der Waals surface area contributed by atoms with Crippen LogP contribution in [0.3, 0.4) is 0 Å². The summed E-state index contributed by atoms with van der Waals surface area (Å²) in [6.07, 6.45) is 0. The smallest absolute Gasteiger partial charge is 0.240 e. The summed E-state index contributed by atoms with van der Waals surface area (Å²) >= 11 is 0. The standard InChI is InChI=1S/C17H27N5O3/c1-12-9-20(11-16(24)18-17-8-13(2)19-25-17)10-15(12)22-6-4-21(5-7-22)14(3)23/h8,12,15H,4-7,9-11H2,1-3H3,(H,18,24)/t12-,15+/m0/s1. The molecule has 0 aliphatic carbocycles. The molecule has 2 fully saturated rings. The summed E-state index contributed by atoms with van der Waals surface area (Å²) < 4.78 is 5.03. The Bertz CT molecular complexity index is 624. The Morgan fingerprint density at radius 3 is 2.60 bits per heavy atom.